The Kier molecular flexibility index (Phi) is 5.13. The van der Waals surface area contributed by atoms with Crippen LogP contribution in [0.25, 0.3) is 0 Å². The summed E-state index contributed by atoms with van der Waals surface area (Å²) in [6.45, 7) is 0. The minimum atomic E-state index is -4.04. The highest BCUT2D eigenvalue weighted by Gasteiger charge is 2.27. The lowest BCUT2D eigenvalue weighted by Crippen LogP contribution is -2.16. The summed E-state index contributed by atoms with van der Waals surface area (Å²) in [7, 11) is -2.95. The maximum atomic E-state index is 12.9. The van der Waals surface area contributed by atoms with Crippen molar-refractivity contribution in [3.8, 4) is 0 Å². The van der Waals surface area contributed by atoms with Crippen LogP contribution >= 0.6 is 0 Å². The first-order chi connectivity index (χ1) is 10.9. The van der Waals surface area contributed by atoms with E-state index in [1.807, 2.05) is 0 Å². The van der Waals surface area contributed by atoms with Gasteiger partial charge in [0.25, 0.3) is 0 Å². The number of halogens is 1. The second-order valence-corrected chi connectivity index (χ2v) is 6.39. The third kappa shape index (κ3) is 3.95. The van der Waals surface area contributed by atoms with E-state index >= 15 is 0 Å². The van der Waals surface area contributed by atoms with Crippen molar-refractivity contribution in [3.05, 3.63) is 71.5 Å². The number of ether oxygens (including phenoxy) is 1. The smallest absolute Gasteiger partial charge is 0.351 e. The molecule has 0 atom stereocenters. The molecular weight excluding hydrogens is 321 g/mol. The Morgan fingerprint density at radius 1 is 1.09 bits per heavy atom. The van der Waals surface area contributed by atoms with Gasteiger partial charge in [-0.1, -0.05) is 18.2 Å². The van der Waals surface area contributed by atoms with Gasteiger partial charge in [-0.05, 0) is 36.4 Å². The second kappa shape index (κ2) is 7.06. The Hall–Kier alpha value is -2.67. The molecule has 0 unspecified atom stereocenters. The lowest BCUT2D eigenvalue weighted by molar-refractivity contribution is -0.135. The molecule has 5 nitrogen and oxygen atoms in total. The molecule has 0 bridgehead atoms. The molecule has 120 valence electrons. The Morgan fingerprint density at radius 2 is 1.70 bits per heavy atom. The van der Waals surface area contributed by atoms with Gasteiger partial charge in [0.1, 0.15) is 5.82 Å². The van der Waals surface area contributed by atoms with Crippen LogP contribution in [0.3, 0.4) is 0 Å². The van der Waals surface area contributed by atoms with Gasteiger partial charge in [-0.2, -0.15) is 0 Å². The summed E-state index contributed by atoms with van der Waals surface area (Å²) in [5, 5.41) is 2.65. The highest BCUT2D eigenvalue weighted by molar-refractivity contribution is 7.96. The van der Waals surface area contributed by atoms with Crippen molar-refractivity contribution in [2.45, 2.75) is 4.90 Å². The quantitative estimate of drug-likeness (QED) is 0.672. The lowest BCUT2D eigenvalue weighted by atomic mass is 10.3. The van der Waals surface area contributed by atoms with E-state index in [2.05, 4.69) is 10.1 Å². The number of hydrogen-bond acceptors (Lipinski definition) is 5. The van der Waals surface area contributed by atoms with Gasteiger partial charge < -0.3 is 10.1 Å². The van der Waals surface area contributed by atoms with Crippen molar-refractivity contribution in [3.63, 3.8) is 0 Å². The maximum Gasteiger partial charge on any atom is 0.351 e. The van der Waals surface area contributed by atoms with Gasteiger partial charge >= 0.3 is 5.97 Å². The van der Waals surface area contributed by atoms with Crippen LogP contribution in [-0.4, -0.2) is 21.5 Å². The fourth-order valence-electron chi connectivity index (χ4n) is 1.77. The van der Waals surface area contributed by atoms with Crippen molar-refractivity contribution < 1.29 is 22.3 Å². The van der Waals surface area contributed by atoms with E-state index in [0.717, 1.165) is 13.3 Å². The van der Waals surface area contributed by atoms with E-state index in [1.165, 1.54) is 36.4 Å². The molecule has 2 aromatic rings. The highest BCUT2D eigenvalue weighted by atomic mass is 32.2. The van der Waals surface area contributed by atoms with Crippen LogP contribution < -0.4 is 5.32 Å². The molecule has 7 heteroatoms. The molecule has 2 rings (SSSR count). The molecule has 0 spiro atoms. The third-order valence-electron chi connectivity index (χ3n) is 2.94. The monoisotopic (exact) mass is 335 g/mol. The average Bonchev–Trinajstić information content (AvgIpc) is 2.57. The SMILES string of the molecule is COC(=O)/C(=C\Nc1ccc(F)cc1)S(=O)(=O)c1ccccc1. The minimum Gasteiger partial charge on any atom is -0.465 e. The van der Waals surface area contributed by atoms with Gasteiger partial charge in [-0.3, -0.25) is 0 Å². The van der Waals surface area contributed by atoms with E-state index < -0.39 is 26.5 Å². The summed E-state index contributed by atoms with van der Waals surface area (Å²) in [5.74, 6) is -1.42. The van der Waals surface area contributed by atoms with Crippen LogP contribution in [0.4, 0.5) is 10.1 Å². The Bertz CT molecular complexity index is 815. The molecule has 0 aliphatic carbocycles. The summed E-state index contributed by atoms with van der Waals surface area (Å²) in [4.78, 5) is 11.3. The first-order valence-electron chi connectivity index (χ1n) is 6.56. The lowest BCUT2D eigenvalue weighted by Gasteiger charge is -2.08. The molecular formula is C16H14FNO4S. The second-order valence-electron chi connectivity index (χ2n) is 4.47. The molecule has 0 saturated heterocycles. The number of hydrogen-bond donors (Lipinski definition) is 1. The van der Waals surface area contributed by atoms with Crippen molar-refractivity contribution in [1.29, 1.82) is 0 Å². The molecule has 0 radical (unpaired) electrons. The van der Waals surface area contributed by atoms with Crippen LogP contribution in [0.2, 0.25) is 0 Å². The number of rotatable bonds is 5. The molecule has 23 heavy (non-hydrogen) atoms. The molecule has 0 aliphatic heterocycles. The number of esters is 1. The minimum absolute atomic E-state index is 0.0300. The largest absolute Gasteiger partial charge is 0.465 e. The van der Waals surface area contributed by atoms with E-state index in [1.54, 1.807) is 18.2 Å². The average molecular weight is 335 g/mol. The number of methoxy groups -OCH3 is 1. The number of carbonyl (C=O) groups excluding carboxylic acids is 1. The number of anilines is 1. The number of benzene rings is 2. The molecule has 0 amide bonds. The summed E-state index contributed by atoms with van der Waals surface area (Å²) in [6, 6.07) is 12.8. The van der Waals surface area contributed by atoms with Gasteiger partial charge in [-0.25, -0.2) is 17.6 Å². The van der Waals surface area contributed by atoms with Crippen LogP contribution in [0.1, 0.15) is 0 Å². The topological polar surface area (TPSA) is 72.5 Å². The zero-order chi connectivity index (χ0) is 16.9. The highest BCUT2D eigenvalue weighted by Crippen LogP contribution is 2.20. The standard InChI is InChI=1S/C16H14FNO4S/c1-22-16(19)15(11-18-13-9-7-12(17)8-10-13)23(20,21)14-5-3-2-4-6-14/h2-11,18H,1H3/b15-11+. The van der Waals surface area contributed by atoms with Gasteiger partial charge in [0.05, 0.1) is 12.0 Å². The Labute approximate surface area is 133 Å². The zero-order valence-electron chi connectivity index (χ0n) is 12.2. The van der Waals surface area contributed by atoms with Gasteiger partial charge in [0.2, 0.25) is 9.84 Å². The van der Waals surface area contributed by atoms with Crippen molar-refractivity contribution in [2.24, 2.45) is 0 Å². The summed E-state index contributed by atoms with van der Waals surface area (Å²) in [6.07, 6.45) is 1.03. The van der Waals surface area contributed by atoms with E-state index in [4.69, 9.17) is 0 Å². The van der Waals surface area contributed by atoms with Crippen LogP contribution in [0, 0.1) is 5.82 Å². The first kappa shape index (κ1) is 16.7. The van der Waals surface area contributed by atoms with Crippen molar-refractivity contribution >= 4 is 21.5 Å². The molecule has 0 aromatic heterocycles. The number of carbonyl (C=O) groups is 1. The van der Waals surface area contributed by atoms with E-state index in [9.17, 15) is 17.6 Å². The Balaban J connectivity index is 2.39. The molecule has 0 aliphatic rings. The summed E-state index contributed by atoms with van der Waals surface area (Å²) >= 11 is 0. The number of nitrogens with one attached hydrogen (secondary N) is 1. The predicted octanol–water partition coefficient (Wildman–Crippen LogP) is 2.73. The van der Waals surface area contributed by atoms with Crippen LogP contribution in [0.5, 0.6) is 0 Å². The van der Waals surface area contributed by atoms with Gasteiger partial charge in [0.15, 0.2) is 4.91 Å². The summed E-state index contributed by atoms with van der Waals surface area (Å²) < 4.78 is 42.5. The zero-order valence-corrected chi connectivity index (χ0v) is 13.0. The fraction of sp³-hybridized carbons (Fsp3) is 0.0625. The molecule has 0 fully saturated rings. The van der Waals surface area contributed by atoms with E-state index in [-0.39, 0.29) is 4.90 Å². The van der Waals surface area contributed by atoms with Crippen LogP contribution in [0.15, 0.2) is 70.6 Å². The van der Waals surface area contributed by atoms with Gasteiger partial charge in [-0.15, -0.1) is 0 Å². The molecule has 2 aromatic carbocycles. The number of sulfone groups is 1. The summed E-state index contributed by atoms with van der Waals surface area (Å²) in [5.41, 5.74) is 0.427. The van der Waals surface area contributed by atoms with E-state index in [0.29, 0.717) is 5.69 Å². The maximum absolute atomic E-state index is 12.9. The molecule has 0 saturated carbocycles. The predicted molar refractivity (Wildman–Crippen MR) is 83.7 cm³/mol. The van der Waals surface area contributed by atoms with Gasteiger partial charge in [0, 0.05) is 11.9 Å². The molecule has 0 heterocycles. The molecule has 1 N–H and O–H groups in total. The third-order valence-corrected chi connectivity index (χ3v) is 4.70. The first-order valence-corrected chi connectivity index (χ1v) is 8.04. The van der Waals surface area contributed by atoms with Crippen molar-refractivity contribution in [1.82, 2.24) is 0 Å². The van der Waals surface area contributed by atoms with Crippen LogP contribution in [-0.2, 0) is 19.4 Å². The fourth-order valence-corrected chi connectivity index (χ4v) is 3.05. The Morgan fingerprint density at radius 3 is 2.26 bits per heavy atom. The normalized spacial score (nSPS) is 11.8. The van der Waals surface area contributed by atoms with Crippen molar-refractivity contribution in [2.75, 3.05) is 12.4 Å².